The summed E-state index contributed by atoms with van der Waals surface area (Å²) in [5.74, 6) is -1.27. The van der Waals surface area contributed by atoms with Crippen LogP contribution in [0.2, 0.25) is 0 Å². The molecule has 0 bridgehead atoms. The highest BCUT2D eigenvalue weighted by Gasteiger charge is 2.35. The van der Waals surface area contributed by atoms with Crippen LogP contribution >= 0.6 is 0 Å². The molecular formula is C9H14N2O7. The zero-order valence-corrected chi connectivity index (χ0v) is 9.20. The molecule has 0 amide bonds. The number of nitrogens with zero attached hydrogens (tertiary/aromatic N) is 2. The minimum Gasteiger partial charge on any atom is -0.394 e. The maximum absolute atomic E-state index is 11.3. The van der Waals surface area contributed by atoms with Crippen molar-refractivity contribution >= 4 is 5.97 Å². The molecule has 0 aliphatic carbocycles. The minimum atomic E-state index is -2.09. The monoisotopic (exact) mass is 262 g/mol. The molecule has 1 heterocycles. The van der Waals surface area contributed by atoms with Crippen LogP contribution in [-0.2, 0) is 4.79 Å². The molecule has 1 rings (SSSR count). The molecule has 0 saturated heterocycles. The molecular weight excluding hydrogens is 248 g/mol. The van der Waals surface area contributed by atoms with Gasteiger partial charge in [0.1, 0.15) is 18.3 Å². The molecule has 1 aromatic heterocycles. The van der Waals surface area contributed by atoms with Crippen LogP contribution in [0.5, 0.6) is 0 Å². The summed E-state index contributed by atoms with van der Waals surface area (Å²) in [6.07, 6.45) is -5.08. The van der Waals surface area contributed by atoms with Gasteiger partial charge in [0, 0.05) is 0 Å². The lowest BCUT2D eigenvalue weighted by molar-refractivity contribution is -0.172. The summed E-state index contributed by atoms with van der Waals surface area (Å²) in [7, 11) is 0. The molecule has 9 nitrogen and oxygen atoms in total. The van der Waals surface area contributed by atoms with Crippen LogP contribution < -0.4 is 4.84 Å². The molecule has 0 radical (unpaired) electrons. The van der Waals surface area contributed by atoms with Gasteiger partial charge < -0.3 is 30.4 Å². The maximum atomic E-state index is 11.3. The summed E-state index contributed by atoms with van der Waals surface area (Å²) in [6.45, 7) is -0.834. The number of hydrogen-bond donors (Lipinski definition) is 5. The molecule has 5 N–H and O–H groups in total. The van der Waals surface area contributed by atoms with Crippen molar-refractivity contribution in [2.75, 3.05) is 6.61 Å². The third kappa shape index (κ3) is 3.48. The summed E-state index contributed by atoms with van der Waals surface area (Å²) >= 11 is 0. The standard InChI is InChI=1S/C9H14N2O7/c12-4-5(13)6(14)7(15)8(16)9(17)18-11-3-1-2-10-11/h1-3,5-8,12-16H,4H2/t5-,6-,7+,8-/m1/s1. The van der Waals surface area contributed by atoms with E-state index < -0.39 is 37.0 Å². The second-order valence-corrected chi connectivity index (χ2v) is 3.49. The van der Waals surface area contributed by atoms with Gasteiger partial charge in [-0.1, -0.05) is 4.85 Å². The van der Waals surface area contributed by atoms with Gasteiger partial charge in [-0.25, -0.2) is 4.79 Å². The first-order valence-corrected chi connectivity index (χ1v) is 5.02. The van der Waals surface area contributed by atoms with E-state index in [9.17, 15) is 20.1 Å². The molecule has 0 unspecified atom stereocenters. The van der Waals surface area contributed by atoms with Crippen LogP contribution in [0.15, 0.2) is 18.5 Å². The van der Waals surface area contributed by atoms with Crippen LogP contribution in [-0.4, -0.2) is 72.5 Å². The second-order valence-electron chi connectivity index (χ2n) is 3.49. The Bertz CT molecular complexity index is 369. The number of aliphatic hydroxyl groups excluding tert-OH is 5. The first kappa shape index (κ1) is 14.5. The average Bonchev–Trinajstić information content (AvgIpc) is 2.87. The molecule has 1 aromatic rings. The van der Waals surface area contributed by atoms with Crippen LogP contribution in [0, 0.1) is 0 Å². The lowest BCUT2D eigenvalue weighted by Gasteiger charge is -2.24. The van der Waals surface area contributed by atoms with Gasteiger partial charge in [-0.15, -0.1) is 5.10 Å². The number of aromatic nitrogens is 2. The normalized spacial score (nSPS) is 17.8. The zero-order chi connectivity index (χ0) is 13.7. The Morgan fingerprint density at radius 1 is 1.28 bits per heavy atom. The average molecular weight is 262 g/mol. The highest BCUT2D eigenvalue weighted by molar-refractivity contribution is 5.75. The van der Waals surface area contributed by atoms with Gasteiger partial charge in [0.05, 0.1) is 19.0 Å². The number of aliphatic hydroxyl groups is 5. The van der Waals surface area contributed by atoms with Gasteiger partial charge in [0.25, 0.3) is 0 Å². The number of hydrogen-bond acceptors (Lipinski definition) is 8. The second kappa shape index (κ2) is 6.42. The van der Waals surface area contributed by atoms with Crippen molar-refractivity contribution in [2.24, 2.45) is 0 Å². The van der Waals surface area contributed by atoms with E-state index in [0.29, 0.717) is 0 Å². The Labute approximate surface area is 101 Å². The molecule has 0 fully saturated rings. The van der Waals surface area contributed by atoms with Gasteiger partial charge in [0.15, 0.2) is 6.10 Å². The first-order chi connectivity index (χ1) is 8.47. The van der Waals surface area contributed by atoms with Crippen molar-refractivity contribution in [3.63, 3.8) is 0 Å². The van der Waals surface area contributed by atoms with Gasteiger partial charge in [-0.3, -0.25) is 0 Å². The van der Waals surface area contributed by atoms with Crippen molar-refractivity contribution < 1.29 is 35.2 Å². The molecule has 4 atom stereocenters. The highest BCUT2D eigenvalue weighted by Crippen LogP contribution is 2.05. The largest absolute Gasteiger partial charge is 0.394 e. The topological polar surface area (TPSA) is 145 Å². The molecule has 0 aliphatic rings. The fourth-order valence-corrected chi connectivity index (χ4v) is 1.12. The summed E-state index contributed by atoms with van der Waals surface area (Å²) in [4.78, 5) is 16.6. The van der Waals surface area contributed by atoms with Crippen molar-refractivity contribution in [3.8, 4) is 0 Å². The Morgan fingerprint density at radius 3 is 2.44 bits per heavy atom. The molecule has 102 valence electrons. The predicted octanol–water partition coefficient (Wildman–Crippen LogP) is -3.73. The Hall–Kier alpha value is -1.52. The Balaban J connectivity index is 2.57. The van der Waals surface area contributed by atoms with Crippen molar-refractivity contribution in [1.29, 1.82) is 0 Å². The van der Waals surface area contributed by atoms with Crippen molar-refractivity contribution in [2.45, 2.75) is 24.4 Å². The van der Waals surface area contributed by atoms with E-state index in [1.807, 2.05) is 0 Å². The predicted molar refractivity (Wildman–Crippen MR) is 54.9 cm³/mol. The van der Waals surface area contributed by atoms with E-state index >= 15 is 0 Å². The third-order valence-electron chi connectivity index (χ3n) is 2.16. The summed E-state index contributed by atoms with van der Waals surface area (Å²) in [5.41, 5.74) is 0. The number of carbonyl (C=O) groups excluding carboxylic acids is 1. The van der Waals surface area contributed by atoms with Crippen LogP contribution in [0.3, 0.4) is 0 Å². The molecule has 9 heteroatoms. The fourth-order valence-electron chi connectivity index (χ4n) is 1.12. The lowest BCUT2D eigenvalue weighted by atomic mass is 10.0. The zero-order valence-electron chi connectivity index (χ0n) is 9.20. The Kier molecular flexibility index (Phi) is 5.19. The summed E-state index contributed by atoms with van der Waals surface area (Å²) in [6, 6.07) is 1.46. The molecule has 0 aromatic carbocycles. The SMILES string of the molecule is O=C(On1cccn1)[C@H](O)[C@@H](O)[C@H](O)[C@H](O)CO. The smallest absolute Gasteiger partial charge is 0.365 e. The van der Waals surface area contributed by atoms with Gasteiger partial charge >= 0.3 is 5.97 Å². The van der Waals surface area contributed by atoms with E-state index in [1.54, 1.807) is 0 Å². The maximum Gasteiger partial charge on any atom is 0.365 e. The number of carbonyl (C=O) groups is 1. The van der Waals surface area contributed by atoms with Gasteiger partial charge in [-0.05, 0) is 6.07 Å². The van der Waals surface area contributed by atoms with Crippen molar-refractivity contribution in [3.05, 3.63) is 18.5 Å². The van der Waals surface area contributed by atoms with E-state index in [2.05, 4.69) is 9.94 Å². The van der Waals surface area contributed by atoms with E-state index in [4.69, 9.17) is 10.2 Å². The van der Waals surface area contributed by atoms with E-state index in [1.165, 1.54) is 18.5 Å². The number of rotatable bonds is 6. The first-order valence-electron chi connectivity index (χ1n) is 5.02. The van der Waals surface area contributed by atoms with E-state index in [0.717, 1.165) is 4.85 Å². The van der Waals surface area contributed by atoms with Gasteiger partial charge in [0.2, 0.25) is 0 Å². The third-order valence-corrected chi connectivity index (χ3v) is 2.16. The minimum absolute atomic E-state index is 0.743. The highest BCUT2D eigenvalue weighted by atomic mass is 16.7. The molecule has 0 saturated carbocycles. The molecule has 0 spiro atoms. The van der Waals surface area contributed by atoms with E-state index in [-0.39, 0.29) is 0 Å². The lowest BCUT2D eigenvalue weighted by Crippen LogP contribution is -2.50. The van der Waals surface area contributed by atoms with Crippen LogP contribution in [0.4, 0.5) is 0 Å². The molecule has 0 aliphatic heterocycles. The summed E-state index contributed by atoms with van der Waals surface area (Å²) < 4.78 is 0. The van der Waals surface area contributed by atoms with Gasteiger partial charge in [-0.2, -0.15) is 0 Å². The van der Waals surface area contributed by atoms with Crippen LogP contribution in [0.25, 0.3) is 0 Å². The quantitative estimate of drug-likeness (QED) is 0.352. The van der Waals surface area contributed by atoms with Crippen LogP contribution in [0.1, 0.15) is 0 Å². The fraction of sp³-hybridized carbons (Fsp3) is 0.556. The Morgan fingerprint density at radius 2 is 1.94 bits per heavy atom. The summed E-state index contributed by atoms with van der Waals surface area (Å²) in [5, 5.41) is 49.2. The molecule has 18 heavy (non-hydrogen) atoms. The van der Waals surface area contributed by atoms with Crippen molar-refractivity contribution in [1.82, 2.24) is 9.94 Å².